The van der Waals surface area contributed by atoms with E-state index in [1.54, 1.807) is 0 Å². The molecule has 0 aliphatic carbocycles. The number of carbonyl (C=O) groups is 1. The highest BCUT2D eigenvalue weighted by Gasteiger charge is 2.50. The minimum atomic E-state index is -0.307. The summed E-state index contributed by atoms with van der Waals surface area (Å²) in [4.78, 5) is 20.8. The molecule has 4 heteroatoms. The van der Waals surface area contributed by atoms with Crippen molar-refractivity contribution in [2.75, 3.05) is 13.2 Å². The SMILES string of the molecule is O=C(N1[C@H]2CC[C@H]1CC(Cc1ccc3ccncc3c1)C2)C1(Cc2ccccc2)CCOCC1. The van der Waals surface area contributed by atoms with Gasteiger partial charge in [-0.05, 0) is 85.9 Å². The fourth-order valence-corrected chi connectivity index (χ4v) is 6.87. The third kappa shape index (κ3) is 4.13. The van der Waals surface area contributed by atoms with Crippen LogP contribution >= 0.6 is 0 Å². The lowest BCUT2D eigenvalue weighted by molar-refractivity contribution is -0.153. The first kappa shape index (κ1) is 21.8. The summed E-state index contributed by atoms with van der Waals surface area (Å²) in [6, 6.07) is 20.2. The average Bonchev–Trinajstić information content (AvgIpc) is 3.14. The van der Waals surface area contributed by atoms with Crippen molar-refractivity contribution in [2.45, 2.75) is 63.5 Å². The van der Waals surface area contributed by atoms with Crippen molar-refractivity contribution in [3.63, 3.8) is 0 Å². The van der Waals surface area contributed by atoms with E-state index in [9.17, 15) is 4.79 Å². The molecule has 1 amide bonds. The summed E-state index contributed by atoms with van der Waals surface area (Å²) in [6.45, 7) is 1.39. The Kier molecular flexibility index (Phi) is 5.86. The van der Waals surface area contributed by atoms with E-state index in [2.05, 4.69) is 64.5 Å². The molecule has 3 aromatic rings. The number of hydrogen-bond donors (Lipinski definition) is 0. The van der Waals surface area contributed by atoms with Crippen molar-refractivity contribution >= 4 is 16.7 Å². The second-order valence-corrected chi connectivity index (χ2v) is 10.8. The van der Waals surface area contributed by atoms with Crippen molar-refractivity contribution in [1.82, 2.24) is 9.88 Å². The number of piperidine rings is 1. The zero-order chi connectivity index (χ0) is 23.0. The largest absolute Gasteiger partial charge is 0.381 e. The van der Waals surface area contributed by atoms with Crippen LogP contribution in [0, 0.1) is 11.3 Å². The monoisotopic (exact) mass is 454 g/mol. The van der Waals surface area contributed by atoms with Gasteiger partial charge in [0, 0.05) is 43.1 Å². The molecule has 0 radical (unpaired) electrons. The highest BCUT2D eigenvalue weighted by Crippen LogP contribution is 2.45. The Bertz CT molecular complexity index is 1140. The van der Waals surface area contributed by atoms with Gasteiger partial charge in [-0.1, -0.05) is 42.5 Å². The Hall–Kier alpha value is -2.72. The van der Waals surface area contributed by atoms with Crippen molar-refractivity contribution in [2.24, 2.45) is 11.3 Å². The second-order valence-electron chi connectivity index (χ2n) is 10.8. The molecule has 3 aliphatic rings. The zero-order valence-corrected chi connectivity index (χ0v) is 19.9. The molecule has 2 bridgehead atoms. The van der Waals surface area contributed by atoms with Gasteiger partial charge >= 0.3 is 0 Å². The number of fused-ring (bicyclic) bond motifs is 3. The predicted octanol–water partition coefficient (Wildman–Crippen LogP) is 5.59. The number of hydrogen-bond acceptors (Lipinski definition) is 3. The molecule has 3 fully saturated rings. The molecule has 0 unspecified atom stereocenters. The Labute approximate surface area is 202 Å². The number of nitrogens with zero attached hydrogens (tertiary/aromatic N) is 2. The van der Waals surface area contributed by atoms with Crippen LogP contribution in [-0.2, 0) is 22.4 Å². The second kappa shape index (κ2) is 9.14. The molecule has 2 aromatic carbocycles. The van der Waals surface area contributed by atoms with Crippen LogP contribution in [0.4, 0.5) is 0 Å². The quantitative estimate of drug-likeness (QED) is 0.505. The first-order valence-corrected chi connectivity index (χ1v) is 13.0. The number of amides is 1. The number of ether oxygens (including phenoxy) is 1. The van der Waals surface area contributed by atoms with Crippen LogP contribution in [0.25, 0.3) is 10.8 Å². The van der Waals surface area contributed by atoms with Gasteiger partial charge in [0.25, 0.3) is 0 Å². The molecule has 3 aliphatic heterocycles. The molecule has 4 heterocycles. The fraction of sp³-hybridized carbons (Fsp3) is 0.467. The van der Waals surface area contributed by atoms with Gasteiger partial charge in [0.2, 0.25) is 5.91 Å². The average molecular weight is 455 g/mol. The molecule has 1 aromatic heterocycles. The van der Waals surface area contributed by atoms with Gasteiger partial charge in [0.1, 0.15) is 0 Å². The highest BCUT2D eigenvalue weighted by atomic mass is 16.5. The van der Waals surface area contributed by atoms with Crippen LogP contribution in [0.1, 0.15) is 49.7 Å². The maximum atomic E-state index is 14.2. The number of rotatable bonds is 5. The van der Waals surface area contributed by atoms with E-state index in [-0.39, 0.29) is 5.41 Å². The van der Waals surface area contributed by atoms with Crippen molar-refractivity contribution < 1.29 is 9.53 Å². The molecule has 2 atom stereocenters. The zero-order valence-electron chi connectivity index (χ0n) is 19.9. The minimum absolute atomic E-state index is 0.307. The molecular formula is C30H34N2O2. The first-order chi connectivity index (χ1) is 16.7. The van der Waals surface area contributed by atoms with Gasteiger partial charge in [0.05, 0.1) is 5.41 Å². The van der Waals surface area contributed by atoms with Gasteiger partial charge < -0.3 is 9.64 Å². The number of pyridine rings is 1. The van der Waals surface area contributed by atoms with Crippen LogP contribution in [-0.4, -0.2) is 41.1 Å². The van der Waals surface area contributed by atoms with Gasteiger partial charge in [-0.2, -0.15) is 0 Å². The molecule has 0 saturated carbocycles. The Morgan fingerprint density at radius 3 is 2.47 bits per heavy atom. The number of aromatic nitrogens is 1. The maximum Gasteiger partial charge on any atom is 0.229 e. The van der Waals surface area contributed by atoms with Crippen LogP contribution in [0.2, 0.25) is 0 Å². The van der Waals surface area contributed by atoms with Gasteiger partial charge in [0.15, 0.2) is 0 Å². The minimum Gasteiger partial charge on any atom is -0.381 e. The van der Waals surface area contributed by atoms with Gasteiger partial charge in [-0.25, -0.2) is 0 Å². The highest BCUT2D eigenvalue weighted by molar-refractivity contribution is 5.84. The first-order valence-electron chi connectivity index (χ1n) is 13.0. The molecule has 0 N–H and O–H groups in total. The fourth-order valence-electron chi connectivity index (χ4n) is 6.87. The number of carbonyl (C=O) groups excluding carboxylic acids is 1. The lowest BCUT2D eigenvalue weighted by atomic mass is 9.73. The van der Waals surface area contributed by atoms with Crippen LogP contribution < -0.4 is 0 Å². The molecule has 176 valence electrons. The van der Waals surface area contributed by atoms with E-state index in [0.29, 0.717) is 37.1 Å². The molecule has 0 spiro atoms. The summed E-state index contributed by atoms with van der Waals surface area (Å²) in [5.41, 5.74) is 2.36. The molecule has 6 rings (SSSR count). The summed E-state index contributed by atoms with van der Waals surface area (Å²) in [5.74, 6) is 1.05. The van der Waals surface area contributed by atoms with Crippen LogP contribution in [0.15, 0.2) is 67.0 Å². The lowest BCUT2D eigenvalue weighted by Crippen LogP contribution is -2.55. The predicted molar refractivity (Wildman–Crippen MR) is 134 cm³/mol. The summed E-state index contributed by atoms with van der Waals surface area (Å²) >= 11 is 0. The molecule has 4 nitrogen and oxygen atoms in total. The van der Waals surface area contributed by atoms with Gasteiger partial charge in [-0.15, -0.1) is 0 Å². The summed E-state index contributed by atoms with van der Waals surface area (Å²) in [6.07, 6.45) is 12.0. The summed E-state index contributed by atoms with van der Waals surface area (Å²) in [5, 5.41) is 2.47. The van der Waals surface area contributed by atoms with Crippen molar-refractivity contribution in [3.05, 3.63) is 78.1 Å². The van der Waals surface area contributed by atoms with Crippen LogP contribution in [0.5, 0.6) is 0 Å². The Balaban J connectivity index is 1.19. The maximum absolute atomic E-state index is 14.2. The normalized spacial score (nSPS) is 26.0. The molecule has 3 saturated heterocycles. The Morgan fingerprint density at radius 2 is 1.71 bits per heavy atom. The summed E-state index contributed by atoms with van der Waals surface area (Å²) < 4.78 is 5.71. The van der Waals surface area contributed by atoms with E-state index >= 15 is 0 Å². The Morgan fingerprint density at radius 1 is 0.941 bits per heavy atom. The van der Waals surface area contributed by atoms with Crippen LogP contribution in [0.3, 0.4) is 0 Å². The molecule has 34 heavy (non-hydrogen) atoms. The van der Waals surface area contributed by atoms with E-state index in [0.717, 1.165) is 51.4 Å². The van der Waals surface area contributed by atoms with Gasteiger partial charge in [-0.3, -0.25) is 9.78 Å². The third-order valence-electron chi connectivity index (χ3n) is 8.58. The van der Waals surface area contributed by atoms with E-state index in [4.69, 9.17) is 4.74 Å². The molecular weight excluding hydrogens is 420 g/mol. The third-order valence-corrected chi connectivity index (χ3v) is 8.58. The van der Waals surface area contributed by atoms with Crippen molar-refractivity contribution in [1.29, 1.82) is 0 Å². The topological polar surface area (TPSA) is 42.4 Å². The number of benzene rings is 2. The lowest BCUT2D eigenvalue weighted by Gasteiger charge is -2.46. The van der Waals surface area contributed by atoms with Crippen molar-refractivity contribution in [3.8, 4) is 0 Å². The van der Waals surface area contributed by atoms with E-state index in [1.165, 1.54) is 21.9 Å². The smallest absolute Gasteiger partial charge is 0.229 e. The summed E-state index contributed by atoms with van der Waals surface area (Å²) in [7, 11) is 0. The standard InChI is InChI=1S/C30H34N2O2/c33-29(30(11-14-34-15-12-30)20-22-4-2-1-3-5-22)32-27-8-9-28(32)19-24(18-27)16-23-6-7-25-10-13-31-21-26(25)17-23/h1-7,10,13,17,21,24,27-28H,8-9,11-12,14-16,18-20H2/t27-,28-/m0/s1. The van der Waals surface area contributed by atoms with E-state index < -0.39 is 0 Å². The van der Waals surface area contributed by atoms with E-state index in [1.807, 2.05) is 12.4 Å².